The molecule has 1 N–H and O–H groups in total. The average Bonchev–Trinajstić information content (AvgIpc) is 2.99. The molecule has 0 aliphatic carbocycles. The van der Waals surface area contributed by atoms with Crippen LogP contribution in [0.2, 0.25) is 0 Å². The number of nitrogens with zero attached hydrogens (tertiary/aromatic N) is 2. The molecule has 1 aliphatic heterocycles. The number of benzene rings is 1. The van der Waals surface area contributed by atoms with Crippen molar-refractivity contribution in [2.75, 3.05) is 11.4 Å². The first-order valence-electron chi connectivity index (χ1n) is 5.97. The van der Waals surface area contributed by atoms with E-state index < -0.39 is 0 Å². The molecule has 0 saturated heterocycles. The van der Waals surface area contributed by atoms with Gasteiger partial charge in [0.05, 0.1) is 17.7 Å². The second-order valence-corrected chi connectivity index (χ2v) is 4.25. The first-order valence-corrected chi connectivity index (χ1v) is 5.97. The molecule has 96 valence electrons. The third-order valence-corrected chi connectivity index (χ3v) is 3.18. The van der Waals surface area contributed by atoms with Crippen LogP contribution < -0.4 is 4.90 Å². The smallest absolute Gasteiger partial charge is 0.293 e. The van der Waals surface area contributed by atoms with E-state index in [2.05, 4.69) is 5.16 Å². The van der Waals surface area contributed by atoms with Gasteiger partial charge in [0.1, 0.15) is 0 Å². The third-order valence-electron chi connectivity index (χ3n) is 3.18. The highest BCUT2D eigenvalue weighted by molar-refractivity contribution is 6.13. The highest BCUT2D eigenvalue weighted by atomic mass is 16.4. The summed E-state index contributed by atoms with van der Waals surface area (Å²) in [5.41, 5.74) is 2.11. The van der Waals surface area contributed by atoms with E-state index in [0.29, 0.717) is 24.4 Å². The number of carbonyl (C=O) groups excluding carboxylic acids is 1. The van der Waals surface area contributed by atoms with Crippen molar-refractivity contribution in [3.05, 3.63) is 54.0 Å². The summed E-state index contributed by atoms with van der Waals surface area (Å²) in [5, 5.41) is 12.3. The summed E-state index contributed by atoms with van der Waals surface area (Å²) in [6, 6.07) is 10.7. The Morgan fingerprint density at radius 2 is 2.11 bits per heavy atom. The van der Waals surface area contributed by atoms with E-state index in [-0.39, 0.29) is 5.91 Å². The van der Waals surface area contributed by atoms with E-state index in [1.807, 2.05) is 24.3 Å². The largest absolute Gasteiger partial charge is 0.459 e. The molecule has 0 radical (unpaired) electrons. The Morgan fingerprint density at radius 3 is 2.84 bits per heavy atom. The molecule has 5 heteroatoms. The summed E-state index contributed by atoms with van der Waals surface area (Å²) in [4.78, 5) is 14.0. The molecule has 1 amide bonds. The van der Waals surface area contributed by atoms with Crippen LogP contribution in [0.1, 0.15) is 22.5 Å². The molecule has 0 unspecified atom stereocenters. The van der Waals surface area contributed by atoms with Crippen LogP contribution in [0.5, 0.6) is 0 Å². The summed E-state index contributed by atoms with van der Waals surface area (Å²) < 4.78 is 5.15. The lowest BCUT2D eigenvalue weighted by Gasteiger charge is -2.29. The molecule has 5 nitrogen and oxygen atoms in total. The van der Waals surface area contributed by atoms with E-state index >= 15 is 0 Å². The summed E-state index contributed by atoms with van der Waals surface area (Å²) in [5.74, 6) is 0.119. The number of oxime groups is 1. The highest BCUT2D eigenvalue weighted by Crippen LogP contribution is 2.28. The number of amides is 1. The van der Waals surface area contributed by atoms with Gasteiger partial charge in [0, 0.05) is 18.5 Å². The monoisotopic (exact) mass is 256 g/mol. The minimum atomic E-state index is -0.186. The van der Waals surface area contributed by atoms with Gasteiger partial charge in [0.15, 0.2) is 5.76 Å². The zero-order valence-electron chi connectivity index (χ0n) is 10.1. The molecule has 19 heavy (non-hydrogen) atoms. The standard InChI is InChI=1S/C14H12N2O3/c17-14(13-6-3-9-19-13)16-8-7-11(15-18)10-4-1-2-5-12(10)16/h1-6,9,18H,7-8H2. The van der Waals surface area contributed by atoms with Crippen molar-refractivity contribution < 1.29 is 14.4 Å². The number of para-hydroxylation sites is 1. The van der Waals surface area contributed by atoms with Crippen LogP contribution in [0.15, 0.2) is 52.2 Å². The van der Waals surface area contributed by atoms with Crippen LogP contribution in [0.3, 0.4) is 0 Å². The molecule has 0 spiro atoms. The SMILES string of the molecule is O=C(c1ccco1)N1CCC(=NO)c2ccccc21. The fourth-order valence-corrected chi connectivity index (χ4v) is 2.27. The normalized spacial score (nSPS) is 16.4. The summed E-state index contributed by atoms with van der Waals surface area (Å²) >= 11 is 0. The quantitative estimate of drug-likeness (QED) is 0.629. The third kappa shape index (κ3) is 1.89. The van der Waals surface area contributed by atoms with Gasteiger partial charge in [-0.25, -0.2) is 0 Å². The molecular formula is C14H12N2O3. The molecule has 1 aromatic heterocycles. The van der Waals surface area contributed by atoms with Crippen molar-refractivity contribution in [1.82, 2.24) is 0 Å². The number of hydrogen-bond acceptors (Lipinski definition) is 4. The van der Waals surface area contributed by atoms with Gasteiger partial charge in [-0.15, -0.1) is 0 Å². The number of anilines is 1. The first kappa shape index (κ1) is 11.5. The van der Waals surface area contributed by atoms with Crippen molar-refractivity contribution in [3.8, 4) is 0 Å². The Balaban J connectivity index is 2.03. The van der Waals surface area contributed by atoms with Gasteiger partial charge in [0.25, 0.3) is 5.91 Å². The number of rotatable bonds is 1. The minimum absolute atomic E-state index is 0.186. The van der Waals surface area contributed by atoms with Gasteiger partial charge in [0.2, 0.25) is 0 Å². The molecule has 0 fully saturated rings. The van der Waals surface area contributed by atoms with Crippen molar-refractivity contribution in [2.24, 2.45) is 5.16 Å². The number of furan rings is 1. The van der Waals surface area contributed by atoms with Crippen LogP contribution in [-0.2, 0) is 0 Å². The predicted molar refractivity (Wildman–Crippen MR) is 69.8 cm³/mol. The second-order valence-electron chi connectivity index (χ2n) is 4.25. The minimum Gasteiger partial charge on any atom is -0.459 e. The van der Waals surface area contributed by atoms with Gasteiger partial charge in [-0.2, -0.15) is 0 Å². The topological polar surface area (TPSA) is 66.0 Å². The van der Waals surface area contributed by atoms with Crippen molar-refractivity contribution in [2.45, 2.75) is 6.42 Å². The Kier molecular flexibility index (Phi) is 2.79. The van der Waals surface area contributed by atoms with Crippen LogP contribution in [-0.4, -0.2) is 23.4 Å². The van der Waals surface area contributed by atoms with Gasteiger partial charge < -0.3 is 14.5 Å². The lowest BCUT2D eigenvalue weighted by molar-refractivity contribution is 0.0960. The summed E-state index contributed by atoms with van der Waals surface area (Å²) in [7, 11) is 0. The molecule has 2 heterocycles. The Hall–Kier alpha value is -2.56. The van der Waals surface area contributed by atoms with Gasteiger partial charge in [-0.3, -0.25) is 4.79 Å². The summed E-state index contributed by atoms with van der Waals surface area (Å²) in [6.45, 7) is 0.468. The van der Waals surface area contributed by atoms with E-state index in [4.69, 9.17) is 9.62 Å². The number of carbonyl (C=O) groups is 1. The Bertz CT molecular complexity index is 632. The maximum Gasteiger partial charge on any atom is 0.293 e. The van der Waals surface area contributed by atoms with Crippen LogP contribution in [0, 0.1) is 0 Å². The molecule has 0 bridgehead atoms. The summed E-state index contributed by atoms with van der Waals surface area (Å²) in [6.07, 6.45) is 1.99. The molecule has 0 atom stereocenters. The fourth-order valence-electron chi connectivity index (χ4n) is 2.27. The maximum absolute atomic E-state index is 12.3. The molecule has 3 rings (SSSR count). The molecule has 1 aliphatic rings. The number of hydrogen-bond donors (Lipinski definition) is 1. The Labute approximate surface area is 109 Å². The Morgan fingerprint density at radius 1 is 1.26 bits per heavy atom. The van der Waals surface area contributed by atoms with Gasteiger partial charge in [-0.05, 0) is 18.2 Å². The van der Waals surface area contributed by atoms with Gasteiger partial charge >= 0.3 is 0 Å². The highest BCUT2D eigenvalue weighted by Gasteiger charge is 2.28. The molecule has 2 aromatic rings. The zero-order chi connectivity index (χ0) is 13.2. The lowest BCUT2D eigenvalue weighted by Crippen LogP contribution is -2.37. The maximum atomic E-state index is 12.3. The van der Waals surface area contributed by atoms with Crippen molar-refractivity contribution in [1.29, 1.82) is 0 Å². The van der Waals surface area contributed by atoms with E-state index in [1.54, 1.807) is 17.0 Å². The first-order chi connectivity index (χ1) is 9.31. The van der Waals surface area contributed by atoms with Crippen LogP contribution >= 0.6 is 0 Å². The predicted octanol–water partition coefficient (Wildman–Crippen LogP) is 2.51. The zero-order valence-corrected chi connectivity index (χ0v) is 10.1. The van der Waals surface area contributed by atoms with Crippen molar-refractivity contribution in [3.63, 3.8) is 0 Å². The van der Waals surface area contributed by atoms with E-state index in [1.165, 1.54) is 6.26 Å². The molecule has 0 saturated carbocycles. The van der Waals surface area contributed by atoms with Gasteiger partial charge in [-0.1, -0.05) is 23.4 Å². The van der Waals surface area contributed by atoms with Crippen LogP contribution in [0.4, 0.5) is 5.69 Å². The number of fused-ring (bicyclic) bond motifs is 1. The fraction of sp³-hybridized carbons (Fsp3) is 0.143. The van der Waals surface area contributed by atoms with E-state index in [9.17, 15) is 4.79 Å². The molecular weight excluding hydrogens is 244 g/mol. The van der Waals surface area contributed by atoms with Crippen molar-refractivity contribution >= 4 is 17.3 Å². The van der Waals surface area contributed by atoms with E-state index in [0.717, 1.165) is 11.3 Å². The van der Waals surface area contributed by atoms with Crippen LogP contribution in [0.25, 0.3) is 0 Å². The average molecular weight is 256 g/mol. The lowest BCUT2D eigenvalue weighted by atomic mass is 9.99. The molecule has 1 aromatic carbocycles. The second kappa shape index (κ2) is 4.61.